The standard InChI is InChI=1S/C15H11ClN2O2/c1-9-2-4-12(7-13(9)15(19)20)18-14-5-3-11(16)6-10(14)8-17/h2-7,18H,1H3,(H,19,20). The van der Waals surface area contributed by atoms with E-state index in [0.29, 0.717) is 27.5 Å². The number of nitrogens with one attached hydrogen (secondary N) is 1. The lowest BCUT2D eigenvalue weighted by Crippen LogP contribution is -2.01. The van der Waals surface area contributed by atoms with Crippen molar-refractivity contribution >= 4 is 28.9 Å². The van der Waals surface area contributed by atoms with Crippen molar-refractivity contribution in [2.24, 2.45) is 0 Å². The van der Waals surface area contributed by atoms with Gasteiger partial charge in [0.1, 0.15) is 6.07 Å². The van der Waals surface area contributed by atoms with Crippen molar-refractivity contribution in [1.82, 2.24) is 0 Å². The third-order valence-electron chi connectivity index (χ3n) is 2.85. The van der Waals surface area contributed by atoms with Gasteiger partial charge >= 0.3 is 5.97 Å². The second-order valence-electron chi connectivity index (χ2n) is 4.26. The van der Waals surface area contributed by atoms with Crippen molar-refractivity contribution in [2.75, 3.05) is 5.32 Å². The lowest BCUT2D eigenvalue weighted by atomic mass is 10.1. The van der Waals surface area contributed by atoms with E-state index < -0.39 is 5.97 Å². The Bertz CT molecular complexity index is 720. The number of halogens is 1. The SMILES string of the molecule is Cc1ccc(Nc2ccc(Cl)cc2C#N)cc1C(=O)O. The third kappa shape index (κ3) is 2.90. The molecule has 0 aliphatic carbocycles. The van der Waals surface area contributed by atoms with Crippen LogP contribution in [0.2, 0.25) is 5.02 Å². The maximum absolute atomic E-state index is 11.1. The third-order valence-corrected chi connectivity index (χ3v) is 3.08. The second-order valence-corrected chi connectivity index (χ2v) is 4.70. The van der Waals surface area contributed by atoms with Gasteiger partial charge in [0.15, 0.2) is 0 Å². The fraction of sp³-hybridized carbons (Fsp3) is 0.0667. The van der Waals surface area contributed by atoms with Gasteiger partial charge in [0.25, 0.3) is 0 Å². The number of nitrogens with zero attached hydrogens (tertiary/aromatic N) is 1. The molecule has 0 fully saturated rings. The van der Waals surface area contributed by atoms with Crippen molar-refractivity contribution in [3.05, 3.63) is 58.1 Å². The Morgan fingerprint density at radius 1 is 1.30 bits per heavy atom. The first-order chi connectivity index (χ1) is 9.51. The molecule has 0 aliphatic heterocycles. The summed E-state index contributed by atoms with van der Waals surface area (Å²) < 4.78 is 0. The number of nitriles is 1. The van der Waals surface area contributed by atoms with Crippen molar-refractivity contribution in [3.8, 4) is 6.07 Å². The Morgan fingerprint density at radius 2 is 2.05 bits per heavy atom. The monoisotopic (exact) mass is 286 g/mol. The van der Waals surface area contributed by atoms with Gasteiger partial charge in [-0.25, -0.2) is 4.79 Å². The van der Waals surface area contributed by atoms with Crippen LogP contribution in [0.15, 0.2) is 36.4 Å². The van der Waals surface area contributed by atoms with Gasteiger partial charge in [-0.3, -0.25) is 0 Å². The molecule has 20 heavy (non-hydrogen) atoms. The second kappa shape index (κ2) is 5.64. The van der Waals surface area contributed by atoms with Crippen molar-refractivity contribution in [3.63, 3.8) is 0 Å². The van der Waals surface area contributed by atoms with Crippen LogP contribution in [0.1, 0.15) is 21.5 Å². The predicted octanol–water partition coefficient (Wildman–Crippen LogP) is 3.96. The summed E-state index contributed by atoms with van der Waals surface area (Å²) in [7, 11) is 0. The number of rotatable bonds is 3. The predicted molar refractivity (Wildman–Crippen MR) is 77.6 cm³/mol. The van der Waals surface area contributed by atoms with Crippen LogP contribution in [0.4, 0.5) is 11.4 Å². The summed E-state index contributed by atoms with van der Waals surface area (Å²) in [5.74, 6) is -0.984. The van der Waals surface area contributed by atoms with E-state index >= 15 is 0 Å². The largest absolute Gasteiger partial charge is 0.478 e. The maximum atomic E-state index is 11.1. The van der Waals surface area contributed by atoms with E-state index in [2.05, 4.69) is 5.32 Å². The van der Waals surface area contributed by atoms with Crippen LogP contribution in [0.25, 0.3) is 0 Å². The molecule has 4 nitrogen and oxygen atoms in total. The normalized spacial score (nSPS) is 9.85. The van der Waals surface area contributed by atoms with Crippen LogP contribution >= 0.6 is 11.6 Å². The van der Waals surface area contributed by atoms with Gasteiger partial charge in [0, 0.05) is 10.7 Å². The fourth-order valence-electron chi connectivity index (χ4n) is 1.80. The molecule has 0 unspecified atom stereocenters. The molecule has 5 heteroatoms. The van der Waals surface area contributed by atoms with Crippen LogP contribution in [0, 0.1) is 18.3 Å². The number of anilines is 2. The number of aromatic carboxylic acids is 1. The van der Waals surface area contributed by atoms with E-state index in [-0.39, 0.29) is 5.56 Å². The summed E-state index contributed by atoms with van der Waals surface area (Å²) in [6.45, 7) is 1.73. The quantitative estimate of drug-likeness (QED) is 0.895. The van der Waals surface area contributed by atoms with Gasteiger partial charge < -0.3 is 10.4 Å². The zero-order valence-electron chi connectivity index (χ0n) is 10.6. The zero-order valence-corrected chi connectivity index (χ0v) is 11.4. The summed E-state index contributed by atoms with van der Waals surface area (Å²) in [6, 6.07) is 12.0. The molecular weight excluding hydrogens is 276 g/mol. The highest BCUT2D eigenvalue weighted by Gasteiger charge is 2.09. The lowest BCUT2D eigenvalue weighted by molar-refractivity contribution is 0.0696. The van der Waals surface area contributed by atoms with E-state index in [1.807, 2.05) is 6.07 Å². The Morgan fingerprint density at radius 3 is 2.70 bits per heavy atom. The molecule has 0 bridgehead atoms. The van der Waals surface area contributed by atoms with Crippen molar-refractivity contribution < 1.29 is 9.90 Å². The van der Waals surface area contributed by atoms with Crippen LogP contribution in [0.5, 0.6) is 0 Å². The van der Waals surface area contributed by atoms with Gasteiger partial charge in [-0.05, 0) is 42.8 Å². The topological polar surface area (TPSA) is 73.1 Å². The smallest absolute Gasteiger partial charge is 0.336 e. The highest BCUT2D eigenvalue weighted by Crippen LogP contribution is 2.25. The zero-order chi connectivity index (χ0) is 14.7. The number of benzene rings is 2. The molecule has 0 amide bonds. The molecule has 2 aromatic carbocycles. The van der Waals surface area contributed by atoms with E-state index in [1.165, 1.54) is 6.07 Å². The molecule has 0 saturated carbocycles. The molecule has 2 aromatic rings. The van der Waals surface area contributed by atoms with Crippen LogP contribution in [0.3, 0.4) is 0 Å². The lowest BCUT2D eigenvalue weighted by Gasteiger charge is -2.10. The van der Waals surface area contributed by atoms with Gasteiger partial charge in [-0.2, -0.15) is 5.26 Å². The fourth-order valence-corrected chi connectivity index (χ4v) is 1.98. The van der Waals surface area contributed by atoms with E-state index in [1.54, 1.807) is 37.3 Å². The summed E-state index contributed by atoms with van der Waals surface area (Å²) >= 11 is 5.83. The minimum Gasteiger partial charge on any atom is -0.478 e. The molecule has 0 aliphatic rings. The van der Waals surface area contributed by atoms with Crippen LogP contribution in [-0.4, -0.2) is 11.1 Å². The van der Waals surface area contributed by atoms with Gasteiger partial charge in [-0.1, -0.05) is 17.7 Å². The Balaban J connectivity index is 2.38. The molecule has 0 atom stereocenters. The van der Waals surface area contributed by atoms with Crippen molar-refractivity contribution in [2.45, 2.75) is 6.92 Å². The Hall–Kier alpha value is -2.51. The number of carboxylic acids is 1. The molecule has 0 aromatic heterocycles. The number of carbonyl (C=O) groups is 1. The first-order valence-corrected chi connectivity index (χ1v) is 6.19. The summed E-state index contributed by atoms with van der Waals surface area (Å²) in [4.78, 5) is 11.1. The number of hydrogen-bond acceptors (Lipinski definition) is 3. The van der Waals surface area contributed by atoms with E-state index in [4.69, 9.17) is 22.0 Å². The van der Waals surface area contributed by atoms with Crippen LogP contribution < -0.4 is 5.32 Å². The van der Waals surface area contributed by atoms with Crippen molar-refractivity contribution in [1.29, 1.82) is 5.26 Å². The first kappa shape index (κ1) is 13.9. The molecule has 0 saturated heterocycles. The average molecular weight is 287 g/mol. The van der Waals surface area contributed by atoms with Gasteiger partial charge in [-0.15, -0.1) is 0 Å². The molecule has 100 valence electrons. The first-order valence-electron chi connectivity index (χ1n) is 5.82. The Labute approximate surface area is 121 Å². The Kier molecular flexibility index (Phi) is 3.92. The molecule has 2 rings (SSSR count). The van der Waals surface area contributed by atoms with E-state index in [0.717, 1.165) is 0 Å². The van der Waals surface area contributed by atoms with Crippen LogP contribution in [-0.2, 0) is 0 Å². The minimum atomic E-state index is -0.984. The molecule has 0 radical (unpaired) electrons. The highest BCUT2D eigenvalue weighted by molar-refractivity contribution is 6.30. The van der Waals surface area contributed by atoms with E-state index in [9.17, 15) is 4.79 Å². The maximum Gasteiger partial charge on any atom is 0.336 e. The number of carboxylic acid groups (broad SMARTS) is 1. The minimum absolute atomic E-state index is 0.225. The molecule has 2 N–H and O–H groups in total. The van der Waals surface area contributed by atoms with Gasteiger partial charge in [0.05, 0.1) is 16.8 Å². The highest BCUT2D eigenvalue weighted by atomic mass is 35.5. The molecule has 0 spiro atoms. The number of aryl methyl sites for hydroxylation is 1. The summed E-state index contributed by atoms with van der Waals surface area (Å²) in [6.07, 6.45) is 0. The summed E-state index contributed by atoms with van der Waals surface area (Å²) in [5, 5.41) is 21.7. The average Bonchev–Trinajstić information content (AvgIpc) is 2.42. The molecule has 0 heterocycles. The van der Waals surface area contributed by atoms with Gasteiger partial charge in [0.2, 0.25) is 0 Å². The summed E-state index contributed by atoms with van der Waals surface area (Å²) in [5.41, 5.74) is 2.49. The number of hydrogen-bond donors (Lipinski definition) is 2. The molecular formula is C15H11ClN2O2.